The van der Waals surface area contributed by atoms with Crippen molar-refractivity contribution in [3.63, 3.8) is 0 Å². The number of carbonyl (C=O) groups is 2. The Morgan fingerprint density at radius 3 is 2.17 bits per heavy atom. The van der Waals surface area contributed by atoms with Crippen molar-refractivity contribution in [3.05, 3.63) is 35.9 Å². The van der Waals surface area contributed by atoms with Gasteiger partial charge in [0.2, 0.25) is 5.91 Å². The Balaban J connectivity index is 0.000000441. The number of aryl methyl sites for hydroxylation is 1. The van der Waals surface area contributed by atoms with Gasteiger partial charge < -0.3 is 11.5 Å². The van der Waals surface area contributed by atoms with Crippen molar-refractivity contribution in [1.82, 2.24) is 5.32 Å². The molecule has 6 heteroatoms. The first-order valence-corrected chi connectivity index (χ1v) is 9.13. The maximum Gasteiger partial charge on any atom is 0.318 e. The standard InChI is InChI=1S/C11H17N.C7H13BrN2O2/c1-10(12)6-5-9-11-7-3-2-4-8-11;1-3-7(8,4-2)5(11)10-6(9)12/h2-4,7-8,10H,5-6,9,12H2,1H3;3-4H2,1-2H3,(H3,9,10,11,12). The SMILES string of the molecule is CC(N)CCCc1ccccc1.CCC(Br)(CC)C(=O)NC(N)=O. The van der Waals surface area contributed by atoms with Crippen molar-refractivity contribution in [2.75, 3.05) is 0 Å². The van der Waals surface area contributed by atoms with Gasteiger partial charge in [0.05, 0.1) is 0 Å². The average molecular weight is 400 g/mol. The second-order valence-electron chi connectivity index (χ2n) is 5.85. The predicted molar refractivity (Wildman–Crippen MR) is 103 cm³/mol. The molecule has 0 saturated heterocycles. The van der Waals surface area contributed by atoms with Crippen LogP contribution in [-0.2, 0) is 11.2 Å². The molecule has 0 aromatic heterocycles. The molecule has 24 heavy (non-hydrogen) atoms. The van der Waals surface area contributed by atoms with Crippen LogP contribution in [0.15, 0.2) is 30.3 Å². The van der Waals surface area contributed by atoms with Gasteiger partial charge in [-0.1, -0.05) is 60.1 Å². The number of primary amides is 1. The predicted octanol–water partition coefficient (Wildman–Crippen LogP) is 3.49. The molecular formula is C18H30BrN3O2. The molecule has 1 unspecified atom stereocenters. The van der Waals surface area contributed by atoms with Gasteiger partial charge in [0.1, 0.15) is 4.32 Å². The summed E-state index contributed by atoms with van der Waals surface area (Å²) in [6, 6.07) is 10.1. The number of alkyl halides is 1. The van der Waals surface area contributed by atoms with Crippen LogP contribution in [0.4, 0.5) is 4.79 Å². The minimum absolute atomic E-state index is 0.341. The normalized spacial score (nSPS) is 11.9. The number of hydrogen-bond donors (Lipinski definition) is 3. The van der Waals surface area contributed by atoms with E-state index in [1.807, 2.05) is 19.2 Å². The smallest absolute Gasteiger partial charge is 0.318 e. The first-order valence-electron chi connectivity index (χ1n) is 8.34. The Hall–Kier alpha value is -1.40. The maximum absolute atomic E-state index is 11.3. The number of imide groups is 1. The molecule has 3 amide bonds. The van der Waals surface area contributed by atoms with Crippen LogP contribution in [0, 0.1) is 0 Å². The molecule has 0 spiro atoms. The van der Waals surface area contributed by atoms with Crippen LogP contribution in [0.3, 0.4) is 0 Å². The quantitative estimate of drug-likeness (QED) is 0.611. The van der Waals surface area contributed by atoms with Gasteiger partial charge in [0, 0.05) is 6.04 Å². The number of nitrogens with two attached hydrogens (primary N) is 2. The van der Waals surface area contributed by atoms with Crippen LogP contribution in [0.25, 0.3) is 0 Å². The largest absolute Gasteiger partial charge is 0.351 e. The van der Waals surface area contributed by atoms with E-state index < -0.39 is 10.4 Å². The fourth-order valence-corrected chi connectivity index (χ4v) is 2.17. The van der Waals surface area contributed by atoms with Crippen LogP contribution in [-0.4, -0.2) is 22.3 Å². The molecule has 1 aromatic rings. The molecule has 1 aromatic carbocycles. The number of carbonyl (C=O) groups excluding carboxylic acids is 2. The monoisotopic (exact) mass is 399 g/mol. The zero-order valence-electron chi connectivity index (χ0n) is 14.8. The van der Waals surface area contributed by atoms with E-state index in [0.29, 0.717) is 18.9 Å². The lowest BCUT2D eigenvalue weighted by Crippen LogP contribution is -2.46. The minimum Gasteiger partial charge on any atom is -0.351 e. The molecule has 1 rings (SSSR count). The molecule has 5 nitrogen and oxygen atoms in total. The summed E-state index contributed by atoms with van der Waals surface area (Å²) < 4.78 is -0.665. The Bertz CT molecular complexity index is 488. The van der Waals surface area contributed by atoms with E-state index >= 15 is 0 Å². The Labute approximate surface area is 153 Å². The molecule has 0 aliphatic rings. The maximum atomic E-state index is 11.3. The van der Waals surface area contributed by atoms with Crippen molar-refractivity contribution in [3.8, 4) is 0 Å². The van der Waals surface area contributed by atoms with Crippen molar-refractivity contribution in [2.24, 2.45) is 11.5 Å². The van der Waals surface area contributed by atoms with Gasteiger partial charge in [-0.25, -0.2) is 4.79 Å². The van der Waals surface area contributed by atoms with Gasteiger partial charge in [0.15, 0.2) is 0 Å². The molecule has 0 aliphatic heterocycles. The third kappa shape index (κ3) is 9.67. The zero-order chi connectivity index (χ0) is 18.6. The molecular weight excluding hydrogens is 370 g/mol. The zero-order valence-corrected chi connectivity index (χ0v) is 16.4. The van der Waals surface area contributed by atoms with Gasteiger partial charge in [-0.2, -0.15) is 0 Å². The number of rotatable bonds is 7. The third-order valence-corrected chi connectivity index (χ3v) is 5.21. The molecule has 0 heterocycles. The number of amides is 3. The lowest BCUT2D eigenvalue weighted by Gasteiger charge is -2.21. The molecule has 136 valence electrons. The highest BCUT2D eigenvalue weighted by Crippen LogP contribution is 2.26. The fourth-order valence-electron chi connectivity index (χ4n) is 2.07. The van der Waals surface area contributed by atoms with Gasteiger partial charge in [-0.05, 0) is 44.6 Å². The van der Waals surface area contributed by atoms with Crippen LogP contribution in [0.1, 0.15) is 52.0 Å². The molecule has 0 radical (unpaired) electrons. The summed E-state index contributed by atoms with van der Waals surface area (Å²) >= 11 is 3.26. The summed E-state index contributed by atoms with van der Waals surface area (Å²) in [7, 11) is 0. The van der Waals surface area contributed by atoms with Crippen LogP contribution in [0.2, 0.25) is 0 Å². The van der Waals surface area contributed by atoms with Crippen molar-refractivity contribution >= 4 is 27.9 Å². The molecule has 0 fully saturated rings. The lowest BCUT2D eigenvalue weighted by molar-refractivity contribution is -0.122. The number of halogens is 1. The molecule has 0 aliphatic carbocycles. The molecule has 0 saturated carbocycles. The summed E-state index contributed by atoms with van der Waals surface area (Å²) in [6.45, 7) is 5.78. The van der Waals surface area contributed by atoms with Gasteiger partial charge in [-0.15, -0.1) is 0 Å². The van der Waals surface area contributed by atoms with Crippen LogP contribution in [0.5, 0.6) is 0 Å². The molecule has 0 bridgehead atoms. The summed E-state index contributed by atoms with van der Waals surface area (Å²) in [5.74, 6) is -0.375. The first-order chi connectivity index (χ1) is 11.2. The Morgan fingerprint density at radius 2 is 1.75 bits per heavy atom. The second kappa shape index (κ2) is 12.0. The highest BCUT2D eigenvalue weighted by atomic mass is 79.9. The molecule has 1 atom stereocenters. The van der Waals surface area contributed by atoms with Crippen molar-refractivity contribution in [1.29, 1.82) is 0 Å². The van der Waals surface area contributed by atoms with Crippen molar-refractivity contribution in [2.45, 2.75) is 63.2 Å². The third-order valence-electron chi connectivity index (χ3n) is 3.73. The topological polar surface area (TPSA) is 98.2 Å². The van der Waals surface area contributed by atoms with Crippen LogP contribution < -0.4 is 16.8 Å². The minimum atomic E-state index is -0.814. The highest BCUT2D eigenvalue weighted by molar-refractivity contribution is 9.10. The van der Waals surface area contributed by atoms with E-state index in [1.54, 1.807) is 0 Å². The van der Waals surface area contributed by atoms with Gasteiger partial charge >= 0.3 is 6.03 Å². The summed E-state index contributed by atoms with van der Waals surface area (Å²) in [5.41, 5.74) is 11.9. The van der Waals surface area contributed by atoms with E-state index in [0.717, 1.165) is 12.8 Å². The summed E-state index contributed by atoms with van der Waals surface area (Å²) in [6.07, 6.45) is 4.70. The van der Waals surface area contributed by atoms with E-state index in [2.05, 4.69) is 53.2 Å². The van der Waals surface area contributed by atoms with Gasteiger partial charge in [0.25, 0.3) is 0 Å². The first kappa shape index (κ1) is 22.6. The average Bonchev–Trinajstić information content (AvgIpc) is 2.54. The second-order valence-corrected chi connectivity index (χ2v) is 7.36. The number of hydrogen-bond acceptors (Lipinski definition) is 3. The number of urea groups is 1. The van der Waals surface area contributed by atoms with E-state index in [4.69, 9.17) is 11.5 Å². The van der Waals surface area contributed by atoms with Crippen LogP contribution >= 0.6 is 15.9 Å². The lowest BCUT2D eigenvalue weighted by atomic mass is 10.0. The number of nitrogens with one attached hydrogen (secondary N) is 1. The number of benzene rings is 1. The summed E-state index contributed by atoms with van der Waals surface area (Å²) in [4.78, 5) is 21.6. The molecule has 5 N–H and O–H groups in total. The summed E-state index contributed by atoms with van der Waals surface area (Å²) in [5, 5.41) is 2.04. The Kier molecular flexibility index (Phi) is 11.3. The van der Waals surface area contributed by atoms with Gasteiger partial charge in [-0.3, -0.25) is 10.1 Å². The Morgan fingerprint density at radius 1 is 1.21 bits per heavy atom. The fraction of sp³-hybridized carbons (Fsp3) is 0.556. The van der Waals surface area contributed by atoms with Crippen molar-refractivity contribution < 1.29 is 9.59 Å². The highest BCUT2D eigenvalue weighted by Gasteiger charge is 2.32. The van der Waals surface area contributed by atoms with E-state index in [9.17, 15) is 9.59 Å². The van der Waals surface area contributed by atoms with E-state index in [-0.39, 0.29) is 5.91 Å². The van der Waals surface area contributed by atoms with E-state index in [1.165, 1.54) is 12.0 Å².